The van der Waals surface area contributed by atoms with Crippen molar-refractivity contribution in [3.05, 3.63) is 23.8 Å². The van der Waals surface area contributed by atoms with E-state index < -0.39 is 12.3 Å². The standard InChI is InChI=1S/C12H13NO5/c1-15-9-5-4-8(6-10(9)16-2)11(7-13)18-12(14)17-3/h4-6,11H,1-3H3/t11-/m0/s1. The molecule has 0 aliphatic rings. The van der Waals surface area contributed by atoms with Crippen molar-refractivity contribution in [2.45, 2.75) is 6.10 Å². The summed E-state index contributed by atoms with van der Waals surface area (Å²) in [5, 5.41) is 8.96. The average Bonchev–Trinajstić information content (AvgIpc) is 2.43. The molecule has 1 atom stereocenters. The molecule has 0 radical (unpaired) electrons. The van der Waals surface area contributed by atoms with Crippen LogP contribution in [0.5, 0.6) is 11.5 Å². The van der Waals surface area contributed by atoms with Gasteiger partial charge in [-0.1, -0.05) is 6.07 Å². The number of hydrogen-bond donors (Lipinski definition) is 0. The van der Waals surface area contributed by atoms with Gasteiger partial charge in [-0.15, -0.1) is 0 Å². The SMILES string of the molecule is COC(=O)O[C@@H](C#N)c1ccc(OC)c(OC)c1. The zero-order valence-electron chi connectivity index (χ0n) is 10.3. The maximum atomic E-state index is 11.0. The molecule has 96 valence electrons. The number of nitriles is 1. The Hall–Kier alpha value is -2.42. The number of carbonyl (C=O) groups is 1. The Bertz CT molecular complexity index is 466. The van der Waals surface area contributed by atoms with Gasteiger partial charge in [-0.3, -0.25) is 0 Å². The summed E-state index contributed by atoms with van der Waals surface area (Å²) in [7, 11) is 4.15. The van der Waals surface area contributed by atoms with Crippen LogP contribution in [0.1, 0.15) is 11.7 Å². The first kappa shape index (κ1) is 13.6. The number of ether oxygens (including phenoxy) is 4. The molecule has 0 amide bonds. The van der Waals surface area contributed by atoms with Gasteiger partial charge < -0.3 is 18.9 Å². The lowest BCUT2D eigenvalue weighted by Crippen LogP contribution is -2.10. The second kappa shape index (κ2) is 6.35. The first-order valence-electron chi connectivity index (χ1n) is 5.02. The summed E-state index contributed by atoms with van der Waals surface area (Å²) < 4.78 is 19.3. The van der Waals surface area contributed by atoms with E-state index in [0.717, 1.165) is 0 Å². The van der Waals surface area contributed by atoms with E-state index in [2.05, 4.69) is 4.74 Å². The topological polar surface area (TPSA) is 77.8 Å². The van der Waals surface area contributed by atoms with E-state index in [9.17, 15) is 4.79 Å². The van der Waals surface area contributed by atoms with Crippen LogP contribution in [-0.2, 0) is 9.47 Å². The van der Waals surface area contributed by atoms with Crippen molar-refractivity contribution in [3.63, 3.8) is 0 Å². The highest BCUT2D eigenvalue weighted by atomic mass is 16.7. The smallest absolute Gasteiger partial charge is 0.493 e. The highest BCUT2D eigenvalue weighted by Gasteiger charge is 2.18. The molecule has 0 heterocycles. The van der Waals surface area contributed by atoms with Crippen LogP contribution < -0.4 is 9.47 Å². The van der Waals surface area contributed by atoms with E-state index in [4.69, 9.17) is 19.5 Å². The van der Waals surface area contributed by atoms with Crippen LogP contribution in [0.25, 0.3) is 0 Å². The van der Waals surface area contributed by atoms with Crippen molar-refractivity contribution in [1.29, 1.82) is 5.26 Å². The van der Waals surface area contributed by atoms with Gasteiger partial charge in [-0.05, 0) is 12.1 Å². The highest BCUT2D eigenvalue weighted by molar-refractivity contribution is 5.60. The fraction of sp³-hybridized carbons (Fsp3) is 0.333. The molecule has 0 saturated carbocycles. The van der Waals surface area contributed by atoms with Gasteiger partial charge in [0.05, 0.1) is 21.3 Å². The highest BCUT2D eigenvalue weighted by Crippen LogP contribution is 2.30. The Kier molecular flexibility index (Phi) is 4.81. The minimum absolute atomic E-state index is 0.448. The molecule has 0 N–H and O–H groups in total. The fourth-order valence-electron chi connectivity index (χ4n) is 1.33. The van der Waals surface area contributed by atoms with E-state index in [1.807, 2.05) is 6.07 Å². The molecule has 0 unspecified atom stereocenters. The van der Waals surface area contributed by atoms with Gasteiger partial charge in [0.25, 0.3) is 0 Å². The molecule has 0 spiro atoms. The molecule has 0 aromatic heterocycles. The lowest BCUT2D eigenvalue weighted by molar-refractivity contribution is 0.0543. The van der Waals surface area contributed by atoms with Crippen LogP contribution in [-0.4, -0.2) is 27.5 Å². The summed E-state index contributed by atoms with van der Waals surface area (Å²) >= 11 is 0. The predicted molar refractivity (Wildman–Crippen MR) is 61.4 cm³/mol. The maximum absolute atomic E-state index is 11.0. The van der Waals surface area contributed by atoms with Gasteiger partial charge in [0.15, 0.2) is 11.5 Å². The largest absolute Gasteiger partial charge is 0.509 e. The zero-order valence-corrected chi connectivity index (χ0v) is 10.3. The van der Waals surface area contributed by atoms with Gasteiger partial charge in [-0.2, -0.15) is 5.26 Å². The van der Waals surface area contributed by atoms with E-state index >= 15 is 0 Å². The van der Waals surface area contributed by atoms with Crippen LogP contribution >= 0.6 is 0 Å². The molecule has 0 aliphatic carbocycles. The predicted octanol–water partition coefficient (Wildman–Crippen LogP) is 2.05. The lowest BCUT2D eigenvalue weighted by Gasteiger charge is -2.13. The van der Waals surface area contributed by atoms with Crippen LogP contribution in [0.15, 0.2) is 18.2 Å². The van der Waals surface area contributed by atoms with E-state index in [-0.39, 0.29) is 0 Å². The quantitative estimate of drug-likeness (QED) is 0.762. The molecule has 6 heteroatoms. The van der Waals surface area contributed by atoms with Gasteiger partial charge >= 0.3 is 6.16 Å². The molecule has 0 aliphatic heterocycles. The second-order valence-electron chi connectivity index (χ2n) is 3.20. The molecular weight excluding hydrogens is 238 g/mol. The average molecular weight is 251 g/mol. The first-order chi connectivity index (χ1) is 8.65. The number of nitrogens with zero attached hydrogens (tertiary/aromatic N) is 1. The Morgan fingerprint density at radius 1 is 1.22 bits per heavy atom. The van der Waals surface area contributed by atoms with Crippen LogP contribution in [0.2, 0.25) is 0 Å². The zero-order chi connectivity index (χ0) is 13.5. The van der Waals surface area contributed by atoms with Gasteiger partial charge in [0.1, 0.15) is 6.07 Å². The minimum Gasteiger partial charge on any atom is -0.493 e. The summed E-state index contributed by atoms with van der Waals surface area (Å²) in [6.07, 6.45) is -1.98. The molecule has 1 rings (SSSR count). The maximum Gasteiger partial charge on any atom is 0.509 e. The molecule has 18 heavy (non-hydrogen) atoms. The van der Waals surface area contributed by atoms with Gasteiger partial charge in [0, 0.05) is 5.56 Å². The lowest BCUT2D eigenvalue weighted by atomic mass is 10.1. The van der Waals surface area contributed by atoms with E-state index in [1.54, 1.807) is 18.2 Å². The molecular formula is C12H13NO5. The summed E-state index contributed by atoms with van der Waals surface area (Å²) in [5.41, 5.74) is 0.473. The molecule has 0 fully saturated rings. The van der Waals surface area contributed by atoms with Crippen molar-refractivity contribution < 1.29 is 23.7 Å². The third-order valence-electron chi connectivity index (χ3n) is 2.21. The summed E-state index contributed by atoms with van der Waals surface area (Å²) in [5.74, 6) is 0.972. The van der Waals surface area contributed by atoms with Crippen LogP contribution in [0.3, 0.4) is 0 Å². The van der Waals surface area contributed by atoms with Crippen molar-refractivity contribution in [2.24, 2.45) is 0 Å². The van der Waals surface area contributed by atoms with Crippen LogP contribution in [0, 0.1) is 11.3 Å². The summed E-state index contributed by atoms with van der Waals surface area (Å²) in [6, 6.07) is 6.65. The number of benzene rings is 1. The van der Waals surface area contributed by atoms with Crippen molar-refractivity contribution >= 4 is 6.16 Å². The van der Waals surface area contributed by atoms with Gasteiger partial charge in [-0.25, -0.2) is 4.79 Å². The van der Waals surface area contributed by atoms with E-state index in [1.165, 1.54) is 21.3 Å². The van der Waals surface area contributed by atoms with Crippen molar-refractivity contribution in [3.8, 4) is 17.6 Å². The summed E-state index contributed by atoms with van der Waals surface area (Å²) in [4.78, 5) is 11.0. The Morgan fingerprint density at radius 2 is 1.89 bits per heavy atom. The third kappa shape index (κ3) is 3.04. The van der Waals surface area contributed by atoms with E-state index in [0.29, 0.717) is 17.1 Å². The molecule has 6 nitrogen and oxygen atoms in total. The van der Waals surface area contributed by atoms with Crippen LogP contribution in [0.4, 0.5) is 4.79 Å². The Morgan fingerprint density at radius 3 is 2.39 bits per heavy atom. The third-order valence-corrected chi connectivity index (χ3v) is 2.21. The fourth-order valence-corrected chi connectivity index (χ4v) is 1.33. The molecule has 0 saturated heterocycles. The Labute approximate surface area is 105 Å². The number of rotatable bonds is 4. The monoisotopic (exact) mass is 251 g/mol. The van der Waals surface area contributed by atoms with Crippen molar-refractivity contribution in [1.82, 2.24) is 0 Å². The first-order valence-corrected chi connectivity index (χ1v) is 5.02. The second-order valence-corrected chi connectivity index (χ2v) is 3.20. The van der Waals surface area contributed by atoms with Gasteiger partial charge in [0.2, 0.25) is 6.10 Å². The molecule has 0 bridgehead atoms. The summed E-state index contributed by atoms with van der Waals surface area (Å²) in [6.45, 7) is 0. The van der Waals surface area contributed by atoms with Crippen molar-refractivity contribution in [2.75, 3.05) is 21.3 Å². The number of methoxy groups -OCH3 is 3. The number of carbonyl (C=O) groups excluding carboxylic acids is 1. The normalized spacial score (nSPS) is 11.0. The molecule has 1 aromatic rings. The Balaban J connectivity index is 3.00. The minimum atomic E-state index is -1.06. The number of hydrogen-bond acceptors (Lipinski definition) is 6. The molecule has 1 aromatic carbocycles.